The molecule has 1 rings (SSSR count). The van der Waals surface area contributed by atoms with Crippen LogP contribution in [0.25, 0.3) is 0 Å². The molecule has 0 aliphatic rings. The van der Waals surface area contributed by atoms with Crippen LogP contribution in [0.15, 0.2) is 22.7 Å². The van der Waals surface area contributed by atoms with Gasteiger partial charge in [-0.1, -0.05) is 6.07 Å². The van der Waals surface area contributed by atoms with E-state index in [-0.39, 0.29) is 16.6 Å². The van der Waals surface area contributed by atoms with Crippen molar-refractivity contribution in [2.75, 3.05) is 0 Å². The van der Waals surface area contributed by atoms with Crippen molar-refractivity contribution in [3.05, 3.63) is 28.2 Å². The van der Waals surface area contributed by atoms with Crippen molar-refractivity contribution in [3.8, 4) is 11.8 Å². The molecule has 0 fully saturated rings. The van der Waals surface area contributed by atoms with E-state index in [9.17, 15) is 13.2 Å². The number of hydrogen-bond acceptors (Lipinski definition) is 2. The van der Waals surface area contributed by atoms with E-state index in [4.69, 9.17) is 5.26 Å². The van der Waals surface area contributed by atoms with Crippen LogP contribution >= 0.6 is 15.9 Å². The molecule has 0 aliphatic carbocycles. The molecule has 0 spiro atoms. The van der Waals surface area contributed by atoms with Gasteiger partial charge >= 0.3 is 6.36 Å². The van der Waals surface area contributed by atoms with Crippen molar-refractivity contribution in [1.29, 1.82) is 5.26 Å². The Kier molecular flexibility index (Phi) is 4.19. The van der Waals surface area contributed by atoms with Crippen molar-refractivity contribution < 1.29 is 17.9 Å². The fourth-order valence-corrected chi connectivity index (χ4v) is 1.43. The molecule has 0 N–H and O–H groups in total. The monoisotopic (exact) mass is 293 g/mol. The van der Waals surface area contributed by atoms with Gasteiger partial charge in [0.2, 0.25) is 0 Å². The first-order valence-electron chi connectivity index (χ1n) is 4.33. The highest BCUT2D eigenvalue weighted by Crippen LogP contribution is 2.31. The topological polar surface area (TPSA) is 33.0 Å². The average Bonchev–Trinajstić information content (AvgIpc) is 2.17. The van der Waals surface area contributed by atoms with Gasteiger partial charge in [-0.2, -0.15) is 5.26 Å². The van der Waals surface area contributed by atoms with Crippen LogP contribution in [0.5, 0.6) is 5.75 Å². The molecule has 0 radical (unpaired) electrons. The second kappa shape index (κ2) is 5.21. The Hall–Kier alpha value is -1.22. The predicted octanol–water partition coefficient (Wildman–Crippen LogP) is 3.80. The molecule has 0 saturated heterocycles. The quantitative estimate of drug-likeness (QED) is 0.849. The SMILES string of the molecule is N#CCCc1ccc(Br)c(OC(F)(F)F)c1. The van der Waals surface area contributed by atoms with Crippen molar-refractivity contribution in [2.45, 2.75) is 19.2 Å². The Morgan fingerprint density at radius 1 is 1.38 bits per heavy atom. The van der Waals surface area contributed by atoms with Gasteiger partial charge in [-0.25, -0.2) is 0 Å². The van der Waals surface area contributed by atoms with Gasteiger partial charge in [0, 0.05) is 6.42 Å². The minimum atomic E-state index is -4.71. The zero-order chi connectivity index (χ0) is 12.2. The zero-order valence-electron chi connectivity index (χ0n) is 8.01. The first-order valence-corrected chi connectivity index (χ1v) is 5.13. The fraction of sp³-hybridized carbons (Fsp3) is 0.300. The van der Waals surface area contributed by atoms with E-state index in [1.807, 2.05) is 6.07 Å². The smallest absolute Gasteiger partial charge is 0.405 e. The maximum Gasteiger partial charge on any atom is 0.573 e. The van der Waals surface area contributed by atoms with Crippen LogP contribution in [0.3, 0.4) is 0 Å². The molecule has 0 amide bonds. The van der Waals surface area contributed by atoms with E-state index in [0.717, 1.165) is 0 Å². The second-order valence-corrected chi connectivity index (χ2v) is 3.83. The van der Waals surface area contributed by atoms with Crippen LogP contribution in [0.4, 0.5) is 13.2 Å². The Bertz CT molecular complexity index is 412. The van der Waals surface area contributed by atoms with Gasteiger partial charge in [-0.3, -0.25) is 0 Å². The molecule has 16 heavy (non-hydrogen) atoms. The van der Waals surface area contributed by atoms with Crippen LogP contribution in [-0.2, 0) is 6.42 Å². The molecule has 0 unspecified atom stereocenters. The van der Waals surface area contributed by atoms with Gasteiger partial charge in [0.15, 0.2) is 0 Å². The lowest BCUT2D eigenvalue weighted by Gasteiger charge is -2.11. The average molecular weight is 294 g/mol. The lowest BCUT2D eigenvalue weighted by Crippen LogP contribution is -2.17. The van der Waals surface area contributed by atoms with E-state index in [0.29, 0.717) is 12.0 Å². The van der Waals surface area contributed by atoms with Gasteiger partial charge in [0.1, 0.15) is 5.75 Å². The highest BCUT2D eigenvalue weighted by molar-refractivity contribution is 9.10. The molecule has 0 heterocycles. The second-order valence-electron chi connectivity index (χ2n) is 2.97. The molecule has 0 atom stereocenters. The van der Waals surface area contributed by atoms with Gasteiger partial charge < -0.3 is 4.74 Å². The van der Waals surface area contributed by atoms with E-state index in [1.165, 1.54) is 12.1 Å². The number of nitriles is 1. The summed E-state index contributed by atoms with van der Waals surface area (Å²) in [7, 11) is 0. The summed E-state index contributed by atoms with van der Waals surface area (Å²) in [6.45, 7) is 0. The third-order valence-electron chi connectivity index (χ3n) is 1.75. The van der Waals surface area contributed by atoms with Crippen LogP contribution in [0, 0.1) is 11.3 Å². The lowest BCUT2D eigenvalue weighted by molar-refractivity contribution is -0.274. The summed E-state index contributed by atoms with van der Waals surface area (Å²) in [4.78, 5) is 0. The molecular weight excluding hydrogens is 287 g/mol. The number of benzene rings is 1. The minimum Gasteiger partial charge on any atom is -0.405 e. The van der Waals surface area contributed by atoms with Crippen LogP contribution in [0.2, 0.25) is 0 Å². The van der Waals surface area contributed by atoms with Gasteiger partial charge in [0.25, 0.3) is 0 Å². The molecule has 6 heteroatoms. The molecule has 0 bridgehead atoms. The summed E-state index contributed by atoms with van der Waals surface area (Å²) in [5.41, 5.74) is 0.629. The number of rotatable bonds is 3. The highest BCUT2D eigenvalue weighted by atomic mass is 79.9. The number of hydrogen-bond donors (Lipinski definition) is 0. The molecule has 86 valence electrons. The first-order chi connectivity index (χ1) is 7.42. The molecule has 0 aromatic heterocycles. The van der Waals surface area contributed by atoms with Gasteiger partial charge in [0.05, 0.1) is 10.5 Å². The Morgan fingerprint density at radius 2 is 2.06 bits per heavy atom. The molecule has 0 saturated carbocycles. The number of halogens is 4. The fourth-order valence-electron chi connectivity index (χ4n) is 1.11. The van der Waals surface area contributed by atoms with Crippen molar-refractivity contribution in [3.63, 3.8) is 0 Å². The van der Waals surface area contributed by atoms with E-state index in [1.54, 1.807) is 6.07 Å². The van der Waals surface area contributed by atoms with E-state index >= 15 is 0 Å². The number of alkyl halides is 3. The van der Waals surface area contributed by atoms with E-state index < -0.39 is 6.36 Å². The summed E-state index contributed by atoms with van der Waals surface area (Å²) in [6, 6.07) is 6.31. The predicted molar refractivity (Wildman–Crippen MR) is 54.8 cm³/mol. The van der Waals surface area contributed by atoms with Crippen molar-refractivity contribution in [2.24, 2.45) is 0 Å². The summed E-state index contributed by atoms with van der Waals surface area (Å²) in [6.07, 6.45) is -4.05. The number of ether oxygens (including phenoxy) is 1. The Balaban J connectivity index is 2.87. The van der Waals surface area contributed by atoms with Crippen molar-refractivity contribution >= 4 is 15.9 Å². The number of nitrogens with zero attached hydrogens (tertiary/aromatic N) is 1. The highest BCUT2D eigenvalue weighted by Gasteiger charge is 2.31. The third-order valence-corrected chi connectivity index (χ3v) is 2.40. The Morgan fingerprint density at radius 3 is 2.62 bits per heavy atom. The summed E-state index contributed by atoms with van der Waals surface area (Å²) in [5, 5.41) is 8.37. The summed E-state index contributed by atoms with van der Waals surface area (Å²) in [5.74, 6) is -0.289. The summed E-state index contributed by atoms with van der Waals surface area (Å²) >= 11 is 2.96. The zero-order valence-corrected chi connectivity index (χ0v) is 9.60. The lowest BCUT2D eigenvalue weighted by atomic mass is 10.1. The normalized spacial score (nSPS) is 10.9. The minimum absolute atomic E-state index is 0.227. The molecule has 1 aromatic rings. The van der Waals surface area contributed by atoms with Crippen molar-refractivity contribution in [1.82, 2.24) is 0 Å². The summed E-state index contributed by atoms with van der Waals surface area (Å²) < 4.78 is 40.1. The molecule has 1 aromatic carbocycles. The standard InChI is InChI=1S/C10H7BrF3NO/c11-8-4-3-7(2-1-5-15)6-9(8)16-10(12,13)14/h3-4,6H,1-2H2. The maximum absolute atomic E-state index is 12.0. The van der Waals surface area contributed by atoms with Gasteiger partial charge in [-0.15, -0.1) is 13.2 Å². The molecule has 2 nitrogen and oxygen atoms in total. The largest absolute Gasteiger partial charge is 0.573 e. The maximum atomic E-state index is 12.0. The molecule has 0 aliphatic heterocycles. The third kappa shape index (κ3) is 4.11. The first kappa shape index (κ1) is 12.8. The number of aryl methyl sites for hydroxylation is 1. The van der Waals surface area contributed by atoms with Crippen LogP contribution in [-0.4, -0.2) is 6.36 Å². The van der Waals surface area contributed by atoms with Crippen LogP contribution < -0.4 is 4.74 Å². The Labute approximate surface area is 98.8 Å². The van der Waals surface area contributed by atoms with E-state index in [2.05, 4.69) is 20.7 Å². The van der Waals surface area contributed by atoms with Crippen LogP contribution in [0.1, 0.15) is 12.0 Å². The molecular formula is C10H7BrF3NO. The van der Waals surface area contributed by atoms with Gasteiger partial charge in [-0.05, 0) is 40.0 Å².